The number of nitrogens with zero attached hydrogens (tertiary/aromatic N) is 1. The zero-order valence-electron chi connectivity index (χ0n) is 17.8. The molecule has 176 valence electrons. The maximum absolute atomic E-state index is 12.6. The van der Waals surface area contributed by atoms with Crippen LogP contribution in [0.25, 0.3) is 0 Å². The molecule has 11 heteroatoms. The number of sulfonamides is 1. The van der Waals surface area contributed by atoms with Crippen molar-refractivity contribution in [1.82, 2.24) is 4.98 Å². The summed E-state index contributed by atoms with van der Waals surface area (Å²) in [6, 6.07) is 8.74. The fourth-order valence-corrected chi connectivity index (χ4v) is 5.29. The lowest BCUT2D eigenvalue weighted by Crippen LogP contribution is -2.14. The van der Waals surface area contributed by atoms with Crippen LogP contribution in [0.1, 0.15) is 43.0 Å². The van der Waals surface area contributed by atoms with Crippen LogP contribution in [0.15, 0.2) is 52.9 Å². The van der Waals surface area contributed by atoms with Gasteiger partial charge in [-0.05, 0) is 42.8 Å². The number of halogens is 2. The second-order valence-corrected chi connectivity index (χ2v) is 10.5. The number of amides is 1. The third-order valence-corrected chi connectivity index (χ3v) is 7.32. The van der Waals surface area contributed by atoms with E-state index in [-0.39, 0.29) is 25.6 Å². The minimum Gasteiger partial charge on any atom is -0.490 e. The van der Waals surface area contributed by atoms with Gasteiger partial charge in [-0.25, -0.2) is 13.4 Å². The molecule has 0 aliphatic rings. The molecule has 0 saturated carbocycles. The molecule has 7 nitrogen and oxygen atoms in total. The zero-order chi connectivity index (χ0) is 23.8. The highest BCUT2D eigenvalue weighted by atomic mass is 35.5. The Morgan fingerprint density at radius 2 is 1.79 bits per heavy atom. The van der Waals surface area contributed by atoms with Crippen LogP contribution in [-0.2, 0) is 10.0 Å². The van der Waals surface area contributed by atoms with Crippen molar-refractivity contribution < 1.29 is 17.9 Å². The van der Waals surface area contributed by atoms with Gasteiger partial charge in [0.2, 0.25) is 0 Å². The van der Waals surface area contributed by atoms with Crippen LogP contribution in [0.4, 0.5) is 10.8 Å². The van der Waals surface area contributed by atoms with Crippen molar-refractivity contribution in [3.05, 3.63) is 63.6 Å². The normalized spacial score (nSPS) is 11.2. The van der Waals surface area contributed by atoms with Gasteiger partial charge in [-0.1, -0.05) is 49.4 Å². The Labute approximate surface area is 207 Å². The van der Waals surface area contributed by atoms with Gasteiger partial charge in [0.05, 0.1) is 21.5 Å². The number of nitrogens with one attached hydrogen (secondary N) is 2. The van der Waals surface area contributed by atoms with E-state index in [4.69, 9.17) is 27.9 Å². The van der Waals surface area contributed by atoms with Crippen molar-refractivity contribution in [2.24, 2.45) is 0 Å². The van der Waals surface area contributed by atoms with Gasteiger partial charge < -0.3 is 10.1 Å². The first kappa shape index (κ1) is 25.3. The fourth-order valence-electron chi connectivity index (χ4n) is 2.90. The molecular formula is C22H23Cl2N3O4S2. The van der Waals surface area contributed by atoms with E-state index in [1.165, 1.54) is 53.9 Å². The number of carbonyl (C=O) groups is 1. The molecule has 1 aromatic heterocycles. The molecular weight excluding hydrogens is 505 g/mol. The smallest absolute Gasteiger partial charge is 0.263 e. The number of rotatable bonds is 11. The highest BCUT2D eigenvalue weighted by Gasteiger charge is 2.17. The number of benzene rings is 2. The van der Waals surface area contributed by atoms with Crippen LogP contribution >= 0.6 is 34.5 Å². The molecule has 0 unspecified atom stereocenters. The predicted octanol–water partition coefficient (Wildman–Crippen LogP) is 6.46. The molecule has 0 aliphatic carbocycles. The molecule has 0 aliphatic heterocycles. The first-order chi connectivity index (χ1) is 15.8. The summed E-state index contributed by atoms with van der Waals surface area (Å²) in [5, 5.41) is 5.14. The molecule has 0 fully saturated rings. The number of ether oxygens (including phenoxy) is 1. The minimum absolute atomic E-state index is 0.0437. The highest BCUT2D eigenvalue weighted by molar-refractivity contribution is 7.93. The fraction of sp³-hybridized carbons (Fsp3) is 0.273. The molecule has 2 N–H and O–H groups in total. The number of unbranched alkanes of at least 4 members (excludes halogenated alkanes) is 3. The Morgan fingerprint density at radius 3 is 2.39 bits per heavy atom. The number of aromatic nitrogens is 1. The standard InChI is InChI=1S/C22H23Cl2N3O4S2/c1-2-3-4-5-11-31-20-18(23)13-15(14-19(20)24)21(28)26-16-6-8-17(9-7-16)33(29,30)27-22-25-10-12-32-22/h6-10,12-14H,2-5,11H2,1H3,(H,25,27)(H,26,28). The number of hydrogen-bond acceptors (Lipinski definition) is 6. The Morgan fingerprint density at radius 1 is 1.09 bits per heavy atom. The largest absolute Gasteiger partial charge is 0.490 e. The molecule has 2 aromatic carbocycles. The summed E-state index contributed by atoms with van der Waals surface area (Å²) in [5.74, 6) is -0.0847. The summed E-state index contributed by atoms with van der Waals surface area (Å²) < 4.78 is 32.9. The van der Waals surface area contributed by atoms with E-state index in [0.29, 0.717) is 18.0 Å². The van der Waals surface area contributed by atoms with Crippen molar-refractivity contribution in [3.63, 3.8) is 0 Å². The first-order valence-corrected chi connectivity index (χ1v) is 13.4. The molecule has 1 amide bonds. The second-order valence-electron chi connectivity index (χ2n) is 7.10. The molecule has 0 spiro atoms. The molecule has 3 aromatic rings. The van der Waals surface area contributed by atoms with Crippen LogP contribution in [0, 0.1) is 0 Å². The van der Waals surface area contributed by atoms with E-state index in [2.05, 4.69) is 21.9 Å². The van der Waals surface area contributed by atoms with E-state index in [0.717, 1.165) is 25.7 Å². The molecule has 3 rings (SSSR count). The summed E-state index contributed by atoms with van der Waals surface area (Å²) in [7, 11) is -3.77. The van der Waals surface area contributed by atoms with Gasteiger partial charge in [-0.15, -0.1) is 11.3 Å². The van der Waals surface area contributed by atoms with Crippen molar-refractivity contribution in [1.29, 1.82) is 0 Å². The summed E-state index contributed by atoms with van der Waals surface area (Å²) in [5.41, 5.74) is 0.669. The third kappa shape index (κ3) is 7.07. The number of anilines is 2. The molecule has 1 heterocycles. The van der Waals surface area contributed by atoms with Gasteiger partial charge >= 0.3 is 0 Å². The van der Waals surface area contributed by atoms with Gasteiger partial charge in [0.15, 0.2) is 10.9 Å². The molecule has 0 atom stereocenters. The minimum atomic E-state index is -3.77. The van der Waals surface area contributed by atoms with Crippen LogP contribution in [0.2, 0.25) is 10.0 Å². The molecule has 0 saturated heterocycles. The Bertz CT molecular complexity index is 1160. The van der Waals surface area contributed by atoms with E-state index < -0.39 is 15.9 Å². The Balaban J connectivity index is 1.63. The summed E-state index contributed by atoms with van der Waals surface area (Å²) in [6.45, 7) is 2.63. The number of thiazole rings is 1. The van der Waals surface area contributed by atoms with Gasteiger partial charge in [0.1, 0.15) is 0 Å². The van der Waals surface area contributed by atoms with Crippen LogP contribution < -0.4 is 14.8 Å². The number of carbonyl (C=O) groups excluding carboxylic acids is 1. The van der Waals surface area contributed by atoms with Gasteiger partial charge in [-0.3, -0.25) is 9.52 Å². The number of hydrogen-bond donors (Lipinski definition) is 2. The van der Waals surface area contributed by atoms with Crippen LogP contribution in [-0.4, -0.2) is 25.9 Å². The lowest BCUT2D eigenvalue weighted by Gasteiger charge is -2.12. The molecule has 33 heavy (non-hydrogen) atoms. The maximum atomic E-state index is 12.6. The van der Waals surface area contributed by atoms with Crippen LogP contribution in [0.3, 0.4) is 0 Å². The van der Waals surface area contributed by atoms with Gasteiger partial charge in [-0.2, -0.15) is 0 Å². The lowest BCUT2D eigenvalue weighted by atomic mass is 10.2. The predicted molar refractivity (Wildman–Crippen MR) is 133 cm³/mol. The molecule has 0 bridgehead atoms. The zero-order valence-corrected chi connectivity index (χ0v) is 21.0. The quantitative estimate of drug-likeness (QED) is 0.278. The van der Waals surface area contributed by atoms with Crippen LogP contribution in [0.5, 0.6) is 5.75 Å². The van der Waals surface area contributed by atoms with Crippen molar-refractivity contribution in [2.45, 2.75) is 37.5 Å². The Hall–Kier alpha value is -2.33. The van der Waals surface area contributed by atoms with E-state index in [9.17, 15) is 13.2 Å². The lowest BCUT2D eigenvalue weighted by molar-refractivity contribution is 0.102. The summed E-state index contributed by atoms with van der Waals surface area (Å²) in [6.07, 6.45) is 5.74. The second kappa shape index (κ2) is 11.7. The topological polar surface area (TPSA) is 97.4 Å². The van der Waals surface area contributed by atoms with E-state index in [1.54, 1.807) is 5.38 Å². The average molecular weight is 528 g/mol. The summed E-state index contributed by atoms with van der Waals surface area (Å²) >= 11 is 13.7. The van der Waals surface area contributed by atoms with Gasteiger partial charge in [0.25, 0.3) is 15.9 Å². The maximum Gasteiger partial charge on any atom is 0.263 e. The van der Waals surface area contributed by atoms with Crippen molar-refractivity contribution in [3.8, 4) is 5.75 Å². The average Bonchev–Trinajstić information content (AvgIpc) is 3.27. The monoisotopic (exact) mass is 527 g/mol. The van der Waals surface area contributed by atoms with Crippen molar-refractivity contribution in [2.75, 3.05) is 16.6 Å². The summed E-state index contributed by atoms with van der Waals surface area (Å²) in [4.78, 5) is 16.6. The first-order valence-electron chi connectivity index (χ1n) is 10.3. The van der Waals surface area contributed by atoms with Gasteiger partial charge in [0, 0.05) is 22.8 Å². The third-order valence-electron chi connectivity index (χ3n) is 4.58. The van der Waals surface area contributed by atoms with E-state index in [1.807, 2.05) is 0 Å². The Kier molecular flexibility index (Phi) is 8.96. The van der Waals surface area contributed by atoms with Crippen molar-refractivity contribution >= 4 is 61.3 Å². The SMILES string of the molecule is CCCCCCOc1c(Cl)cc(C(=O)Nc2ccc(S(=O)(=O)Nc3nccs3)cc2)cc1Cl. The highest BCUT2D eigenvalue weighted by Crippen LogP contribution is 2.34. The molecule has 0 radical (unpaired) electrons. The van der Waals surface area contributed by atoms with E-state index >= 15 is 0 Å².